The van der Waals surface area contributed by atoms with Crippen LogP contribution in [0.2, 0.25) is 10.0 Å². The lowest BCUT2D eigenvalue weighted by molar-refractivity contribution is -0.0931. The zero-order valence-corrected chi connectivity index (χ0v) is 38.2. The molecule has 344 valence electrons. The number of nitrogens with two attached hydrogens (primary N) is 2. The predicted molar refractivity (Wildman–Crippen MR) is 246 cm³/mol. The Hall–Kier alpha value is -5.24. The van der Waals surface area contributed by atoms with Gasteiger partial charge in [0, 0.05) is 79.9 Å². The van der Waals surface area contributed by atoms with Crippen LogP contribution in [0.1, 0.15) is 83.5 Å². The third kappa shape index (κ3) is 9.83. The number of nitrogens with zero attached hydrogens (tertiary/aromatic N) is 10. The van der Waals surface area contributed by atoms with Gasteiger partial charge in [-0.1, -0.05) is 47.5 Å². The molecule has 20 heteroatoms. The van der Waals surface area contributed by atoms with Gasteiger partial charge in [0.05, 0.1) is 24.6 Å². The molecule has 4 aliphatic rings. The highest BCUT2D eigenvalue weighted by molar-refractivity contribution is 6.31. The minimum atomic E-state index is -0.319. The second-order valence-electron chi connectivity index (χ2n) is 17.9. The molecule has 4 atom stereocenters. The Bertz CT molecular complexity index is 2530. The number of nitrogens with one attached hydrogen (secondary N) is 2. The number of aryl methyl sites for hydroxylation is 2. The number of aromatic nitrogens is 8. The van der Waals surface area contributed by atoms with Crippen molar-refractivity contribution in [2.24, 2.45) is 0 Å². The van der Waals surface area contributed by atoms with E-state index in [1.165, 1.54) is 11.1 Å². The first-order valence-corrected chi connectivity index (χ1v) is 23.3. The number of H-pyrrole nitrogens is 2. The summed E-state index contributed by atoms with van der Waals surface area (Å²) in [5.41, 5.74) is 16.7. The Morgan fingerprint density at radius 2 is 1.25 bits per heavy atom. The summed E-state index contributed by atoms with van der Waals surface area (Å²) < 4.78 is 25.6. The van der Waals surface area contributed by atoms with E-state index in [2.05, 4.69) is 79.2 Å². The lowest BCUT2D eigenvalue weighted by Crippen LogP contribution is -2.55. The molecule has 0 amide bonds. The monoisotopic (exact) mass is 926 g/mol. The molecule has 4 fully saturated rings. The SMILES string of the molecule is Cc1coc([C@H]2CN(C3CCN(c4nnc(N)[nH]4)CC3)[C@@H](Cc3ccc(Cl)c(Cc4oc([C@H]5CN(C6CCN(c7nnc(N)[nH]7)CC6)[C@@H](Cc6ccc(Cl)cc6)CO5)nc4C)c3)CO2)n1. The van der Waals surface area contributed by atoms with Crippen molar-refractivity contribution in [2.75, 3.05) is 73.7 Å². The normalized spacial score (nSPS) is 23.1. The fourth-order valence-electron chi connectivity index (χ4n) is 10.1. The molecule has 8 heterocycles. The van der Waals surface area contributed by atoms with Crippen LogP contribution in [0, 0.1) is 13.8 Å². The fourth-order valence-corrected chi connectivity index (χ4v) is 10.4. The van der Waals surface area contributed by atoms with Crippen molar-refractivity contribution in [3.63, 3.8) is 0 Å². The minimum Gasteiger partial charge on any atom is -0.446 e. The van der Waals surface area contributed by atoms with E-state index in [-0.39, 0.29) is 24.3 Å². The molecule has 6 N–H and O–H groups in total. The Balaban J connectivity index is 0.828. The smallest absolute Gasteiger partial charge is 0.226 e. The van der Waals surface area contributed by atoms with Crippen LogP contribution < -0.4 is 21.3 Å². The van der Waals surface area contributed by atoms with E-state index in [1.54, 1.807) is 6.26 Å². The summed E-state index contributed by atoms with van der Waals surface area (Å²) in [5, 5.41) is 17.8. The number of hydrogen-bond acceptors (Lipinski definition) is 16. The molecule has 4 aromatic heterocycles. The molecule has 65 heavy (non-hydrogen) atoms. The van der Waals surface area contributed by atoms with E-state index >= 15 is 0 Å². The molecule has 18 nitrogen and oxygen atoms in total. The second-order valence-corrected chi connectivity index (χ2v) is 18.7. The molecule has 0 bridgehead atoms. The number of morpholine rings is 2. The third-order valence-electron chi connectivity index (χ3n) is 13.5. The van der Waals surface area contributed by atoms with Gasteiger partial charge in [-0.15, -0.1) is 20.4 Å². The van der Waals surface area contributed by atoms with Crippen LogP contribution in [0.25, 0.3) is 0 Å². The van der Waals surface area contributed by atoms with Crippen molar-refractivity contribution in [1.82, 2.24) is 50.1 Å². The predicted octanol–water partition coefficient (Wildman–Crippen LogP) is 5.88. The molecular weight excluding hydrogens is 871 g/mol. The highest BCUT2D eigenvalue weighted by Crippen LogP contribution is 2.35. The number of benzene rings is 2. The summed E-state index contributed by atoms with van der Waals surface area (Å²) in [6, 6.07) is 15.4. The van der Waals surface area contributed by atoms with Gasteiger partial charge in [0.15, 0.2) is 0 Å². The van der Waals surface area contributed by atoms with E-state index < -0.39 is 0 Å². The van der Waals surface area contributed by atoms with E-state index in [1.807, 2.05) is 32.0 Å². The van der Waals surface area contributed by atoms with Crippen molar-refractivity contribution < 1.29 is 18.3 Å². The summed E-state index contributed by atoms with van der Waals surface area (Å²) in [6.45, 7) is 9.73. The van der Waals surface area contributed by atoms with Crippen LogP contribution in [0.4, 0.5) is 23.8 Å². The van der Waals surface area contributed by atoms with Gasteiger partial charge in [-0.3, -0.25) is 19.8 Å². The van der Waals surface area contributed by atoms with Crippen LogP contribution >= 0.6 is 23.2 Å². The Labute approximate surface area is 387 Å². The molecule has 6 aromatic rings. The summed E-state index contributed by atoms with van der Waals surface area (Å²) in [5.74, 6) is 4.08. The quantitative estimate of drug-likeness (QED) is 0.113. The largest absolute Gasteiger partial charge is 0.446 e. The minimum absolute atomic E-state index is 0.135. The maximum Gasteiger partial charge on any atom is 0.226 e. The second kappa shape index (κ2) is 18.9. The third-order valence-corrected chi connectivity index (χ3v) is 14.2. The van der Waals surface area contributed by atoms with Crippen LogP contribution in [-0.2, 0) is 28.7 Å². The summed E-state index contributed by atoms with van der Waals surface area (Å²) >= 11 is 13.2. The van der Waals surface area contributed by atoms with Crippen molar-refractivity contribution in [1.29, 1.82) is 0 Å². The fraction of sp³-hybridized carbons (Fsp3) is 0.511. The molecule has 10 rings (SSSR count). The number of oxazole rings is 2. The van der Waals surface area contributed by atoms with E-state index in [0.717, 1.165) is 92.4 Å². The van der Waals surface area contributed by atoms with E-state index in [0.29, 0.717) is 85.4 Å². The van der Waals surface area contributed by atoms with Gasteiger partial charge in [0.25, 0.3) is 0 Å². The lowest BCUT2D eigenvalue weighted by Gasteiger charge is -2.46. The zero-order valence-electron chi connectivity index (χ0n) is 36.7. The van der Waals surface area contributed by atoms with Crippen LogP contribution in [-0.4, -0.2) is 127 Å². The maximum absolute atomic E-state index is 6.95. The Kier molecular flexibility index (Phi) is 12.7. The summed E-state index contributed by atoms with van der Waals surface area (Å²) in [4.78, 5) is 25.4. The van der Waals surface area contributed by atoms with Crippen LogP contribution in [0.3, 0.4) is 0 Å². The molecule has 0 unspecified atom stereocenters. The van der Waals surface area contributed by atoms with Crippen molar-refractivity contribution in [2.45, 2.75) is 95.2 Å². The molecule has 0 radical (unpaired) electrons. The van der Waals surface area contributed by atoms with Gasteiger partial charge < -0.3 is 39.6 Å². The van der Waals surface area contributed by atoms with Crippen LogP contribution in [0.15, 0.2) is 57.6 Å². The van der Waals surface area contributed by atoms with Gasteiger partial charge in [-0.2, -0.15) is 0 Å². The molecule has 4 saturated heterocycles. The van der Waals surface area contributed by atoms with Crippen molar-refractivity contribution in [3.05, 3.63) is 104 Å². The number of nitrogen functional groups attached to an aromatic ring is 2. The van der Waals surface area contributed by atoms with Gasteiger partial charge >= 0.3 is 0 Å². The van der Waals surface area contributed by atoms with Crippen molar-refractivity contribution in [3.8, 4) is 0 Å². The Morgan fingerprint density at radius 3 is 1.78 bits per heavy atom. The number of piperidine rings is 2. The number of halogens is 2. The average molecular weight is 928 g/mol. The standard InChI is InChI=1S/C45H56Cl2N14O4/c1-26-23-64-40(50-26)38-21-60(32-9-13-58(14-10-32)44-52-42(48)54-56-44)35(25-62-38)19-29-5-8-36(47)30(17-29)20-37-27(2)51-41(65-37)39-22-61(34(24-63-39)18-28-3-6-31(46)7-4-28)33-11-15-59(16-12-33)45-53-43(49)55-57-45/h3-8,17,23,32-35,38-39H,9-16,18-22,24-25H2,1-2H3,(H3,48,52,54,56)(H3,49,53,55,57)/t34-,35-,38+,39+/m0/s1. The van der Waals surface area contributed by atoms with E-state index in [9.17, 15) is 0 Å². The maximum atomic E-state index is 6.95. The molecule has 0 saturated carbocycles. The van der Waals surface area contributed by atoms with Gasteiger partial charge in [0.2, 0.25) is 35.6 Å². The topological polar surface area (TPSA) is 219 Å². The number of aromatic amines is 2. The number of ether oxygens (including phenoxy) is 2. The zero-order chi connectivity index (χ0) is 44.6. The average Bonchev–Trinajstić information content (AvgIpc) is 4.15. The van der Waals surface area contributed by atoms with Gasteiger partial charge in [0.1, 0.15) is 24.2 Å². The number of rotatable bonds is 12. The summed E-state index contributed by atoms with van der Waals surface area (Å²) in [7, 11) is 0. The lowest BCUT2D eigenvalue weighted by atomic mass is 9.95. The highest BCUT2D eigenvalue weighted by Gasteiger charge is 2.40. The van der Waals surface area contributed by atoms with Gasteiger partial charge in [-0.05, 0) is 87.3 Å². The van der Waals surface area contributed by atoms with Gasteiger partial charge in [-0.25, -0.2) is 9.97 Å². The highest BCUT2D eigenvalue weighted by atomic mass is 35.5. The molecule has 0 aliphatic carbocycles. The Morgan fingerprint density at radius 1 is 0.692 bits per heavy atom. The first-order chi connectivity index (χ1) is 31.6. The molecule has 0 spiro atoms. The van der Waals surface area contributed by atoms with Crippen LogP contribution in [0.5, 0.6) is 0 Å². The first kappa shape index (κ1) is 43.6. The summed E-state index contributed by atoms with van der Waals surface area (Å²) in [6.07, 6.45) is 7.09. The van der Waals surface area contributed by atoms with Crippen molar-refractivity contribution >= 4 is 47.0 Å². The number of hydrogen-bond donors (Lipinski definition) is 4. The first-order valence-electron chi connectivity index (χ1n) is 22.6. The molecule has 4 aliphatic heterocycles. The number of anilines is 4. The molecule has 2 aromatic carbocycles. The molecular formula is C45H56Cl2N14O4. The van der Waals surface area contributed by atoms with E-state index in [4.69, 9.17) is 58.0 Å².